The van der Waals surface area contributed by atoms with Crippen LogP contribution in [0, 0.1) is 10.8 Å². The molecule has 3 rings (SSSR count). The lowest BCUT2D eigenvalue weighted by Gasteiger charge is -2.25. The third-order valence-electron chi connectivity index (χ3n) is 7.44. The van der Waals surface area contributed by atoms with Crippen LogP contribution in [0.3, 0.4) is 0 Å². The Balaban J connectivity index is 1.73. The Morgan fingerprint density at radius 3 is 1.62 bits per heavy atom. The van der Waals surface area contributed by atoms with Crippen LogP contribution in [-0.2, 0) is 55.8 Å². The lowest BCUT2D eigenvalue weighted by Crippen LogP contribution is -2.53. The van der Waals surface area contributed by atoms with E-state index in [9.17, 15) is 24.0 Å². The number of hydrogen-bond donors (Lipinski definition) is 2. The summed E-state index contributed by atoms with van der Waals surface area (Å²) in [5, 5.41) is 5.90. The van der Waals surface area contributed by atoms with E-state index in [1.807, 2.05) is 84.9 Å². The maximum absolute atomic E-state index is 13.6. The number of nitrogens with one attached hydrogen (secondary N) is 2. The maximum Gasteiger partial charge on any atom is 0.326 e. The second kappa shape index (κ2) is 18.7. The molecular weight excluding hydrogens is 640 g/mol. The van der Waals surface area contributed by atoms with Crippen LogP contribution >= 0.6 is 0 Å². The zero-order chi connectivity index (χ0) is 36.7. The Morgan fingerprint density at radius 1 is 0.580 bits per heavy atom. The largest absolute Gasteiger partial charge is 0.428 e. The number of carbonyl (C=O) groups is 5. The first-order valence-corrected chi connectivity index (χ1v) is 16.5. The normalized spacial score (nSPS) is 12.6. The van der Waals surface area contributed by atoms with Crippen molar-refractivity contribution in [1.82, 2.24) is 10.6 Å². The number of esters is 4. The fourth-order valence-electron chi connectivity index (χ4n) is 4.54. The first-order chi connectivity index (χ1) is 23.6. The van der Waals surface area contributed by atoms with Crippen LogP contribution in [0.25, 0.3) is 11.1 Å². The molecule has 11 nitrogen and oxygen atoms in total. The predicted octanol–water partition coefficient (Wildman–Crippen LogP) is 5.15. The van der Waals surface area contributed by atoms with Crippen molar-refractivity contribution in [3.63, 3.8) is 0 Å². The first kappa shape index (κ1) is 39.4. The standard InChI is InChI=1S/C39H48N2O9/c1-38(2,3)36(45)49-25-47-33(42)21-22-40-34(43)31(23-27-13-9-7-10-14-27)41-32(35(44)48-26-50-37(46)39(4,5)6)24-28-17-19-30(20-18-28)29-15-11-8-12-16-29/h7-20,31-32,41H,21-26H2,1-6H3,(H,40,43)/t31-,32?/m0/s1. The van der Waals surface area contributed by atoms with E-state index in [1.165, 1.54) is 0 Å². The highest BCUT2D eigenvalue weighted by molar-refractivity contribution is 5.84. The van der Waals surface area contributed by atoms with Crippen LogP contribution in [0.15, 0.2) is 84.9 Å². The molecule has 0 aliphatic rings. The summed E-state index contributed by atoms with van der Waals surface area (Å²) in [6, 6.07) is 24.9. The van der Waals surface area contributed by atoms with Gasteiger partial charge in [0.1, 0.15) is 6.04 Å². The van der Waals surface area contributed by atoms with Gasteiger partial charge in [-0.25, -0.2) is 0 Å². The van der Waals surface area contributed by atoms with Gasteiger partial charge in [0.25, 0.3) is 0 Å². The van der Waals surface area contributed by atoms with E-state index >= 15 is 0 Å². The van der Waals surface area contributed by atoms with E-state index in [0.717, 1.165) is 22.3 Å². The lowest BCUT2D eigenvalue weighted by atomic mass is 9.97. The number of rotatable bonds is 16. The number of ether oxygens (including phenoxy) is 4. The number of carbonyl (C=O) groups excluding carboxylic acids is 5. The average Bonchev–Trinajstić information content (AvgIpc) is 3.07. The summed E-state index contributed by atoms with van der Waals surface area (Å²) in [6.45, 7) is 8.95. The molecule has 0 aliphatic heterocycles. The molecule has 0 heterocycles. The molecule has 3 aromatic carbocycles. The van der Waals surface area contributed by atoms with Crippen LogP contribution in [0.1, 0.15) is 59.1 Å². The van der Waals surface area contributed by atoms with Gasteiger partial charge < -0.3 is 24.3 Å². The van der Waals surface area contributed by atoms with Gasteiger partial charge in [-0.1, -0.05) is 84.9 Å². The van der Waals surface area contributed by atoms with Gasteiger partial charge in [-0.05, 0) is 76.6 Å². The summed E-state index contributed by atoms with van der Waals surface area (Å²) in [5.41, 5.74) is 2.16. The molecule has 50 heavy (non-hydrogen) atoms. The molecule has 3 aromatic rings. The molecule has 0 radical (unpaired) electrons. The molecule has 0 bridgehead atoms. The van der Waals surface area contributed by atoms with Gasteiger partial charge in [0.05, 0.1) is 23.3 Å². The topological polar surface area (TPSA) is 146 Å². The van der Waals surface area contributed by atoms with E-state index in [2.05, 4.69) is 10.6 Å². The van der Waals surface area contributed by atoms with Crippen molar-refractivity contribution in [3.8, 4) is 11.1 Å². The van der Waals surface area contributed by atoms with Gasteiger partial charge in [-0.2, -0.15) is 0 Å². The highest BCUT2D eigenvalue weighted by Gasteiger charge is 2.30. The van der Waals surface area contributed by atoms with E-state index in [-0.39, 0.29) is 25.8 Å². The minimum absolute atomic E-state index is 0.0589. The molecule has 2 atom stereocenters. The van der Waals surface area contributed by atoms with Crippen LogP contribution < -0.4 is 10.6 Å². The fraction of sp³-hybridized carbons (Fsp3) is 0.410. The number of amides is 1. The second-order valence-electron chi connectivity index (χ2n) is 13.8. The van der Waals surface area contributed by atoms with Gasteiger partial charge in [0.15, 0.2) is 0 Å². The summed E-state index contributed by atoms with van der Waals surface area (Å²) < 4.78 is 20.5. The molecule has 0 fully saturated rings. The summed E-state index contributed by atoms with van der Waals surface area (Å²) in [4.78, 5) is 63.4. The number of hydrogen-bond acceptors (Lipinski definition) is 10. The molecule has 0 aromatic heterocycles. The van der Waals surface area contributed by atoms with Crippen molar-refractivity contribution in [2.24, 2.45) is 10.8 Å². The summed E-state index contributed by atoms with van der Waals surface area (Å²) in [5.74, 6) is -2.88. The van der Waals surface area contributed by atoms with E-state index in [0.29, 0.717) is 0 Å². The summed E-state index contributed by atoms with van der Waals surface area (Å²) >= 11 is 0. The minimum atomic E-state index is -1.01. The van der Waals surface area contributed by atoms with Crippen molar-refractivity contribution in [1.29, 1.82) is 0 Å². The summed E-state index contributed by atoms with van der Waals surface area (Å²) in [6.07, 6.45) is 0.212. The molecule has 0 saturated carbocycles. The fourth-order valence-corrected chi connectivity index (χ4v) is 4.54. The highest BCUT2D eigenvalue weighted by atomic mass is 16.7. The molecule has 268 valence electrons. The molecule has 0 spiro atoms. The number of benzene rings is 3. The summed E-state index contributed by atoms with van der Waals surface area (Å²) in [7, 11) is 0. The van der Waals surface area contributed by atoms with E-state index in [4.69, 9.17) is 18.9 Å². The SMILES string of the molecule is CC(C)(C)C(=O)OCOC(=O)CCNC(=O)[C@H](Cc1ccccc1)NC(Cc1ccc(-c2ccccc2)cc1)C(=O)OCOC(=O)C(C)(C)C. The monoisotopic (exact) mass is 688 g/mol. The van der Waals surface area contributed by atoms with E-state index < -0.39 is 66.3 Å². The van der Waals surface area contributed by atoms with E-state index in [1.54, 1.807) is 41.5 Å². The highest BCUT2D eigenvalue weighted by Crippen LogP contribution is 2.21. The van der Waals surface area contributed by atoms with Crippen molar-refractivity contribution >= 4 is 29.8 Å². The third-order valence-corrected chi connectivity index (χ3v) is 7.44. The van der Waals surface area contributed by atoms with Crippen molar-refractivity contribution < 1.29 is 42.9 Å². The van der Waals surface area contributed by atoms with Gasteiger partial charge in [0, 0.05) is 6.54 Å². The van der Waals surface area contributed by atoms with Gasteiger partial charge in [0.2, 0.25) is 19.5 Å². The molecular formula is C39H48N2O9. The second-order valence-corrected chi connectivity index (χ2v) is 13.8. The lowest BCUT2D eigenvalue weighted by molar-refractivity contribution is -0.175. The zero-order valence-electron chi connectivity index (χ0n) is 29.7. The van der Waals surface area contributed by atoms with Crippen LogP contribution in [0.4, 0.5) is 0 Å². The Morgan fingerprint density at radius 2 is 1.06 bits per heavy atom. The molecule has 0 aliphatic carbocycles. The van der Waals surface area contributed by atoms with Gasteiger partial charge >= 0.3 is 23.9 Å². The average molecular weight is 689 g/mol. The maximum atomic E-state index is 13.6. The van der Waals surface area contributed by atoms with Crippen molar-refractivity contribution in [3.05, 3.63) is 96.1 Å². The molecule has 0 saturated heterocycles. The first-order valence-electron chi connectivity index (χ1n) is 16.5. The van der Waals surface area contributed by atoms with Crippen LogP contribution in [0.5, 0.6) is 0 Å². The Kier molecular flexibility index (Phi) is 14.7. The Hall–Kier alpha value is -5.03. The Bertz CT molecular complexity index is 1560. The zero-order valence-corrected chi connectivity index (χ0v) is 29.7. The predicted molar refractivity (Wildman–Crippen MR) is 187 cm³/mol. The molecule has 1 unspecified atom stereocenters. The molecule has 11 heteroatoms. The van der Waals surface area contributed by atoms with Crippen LogP contribution in [-0.4, -0.2) is 62.0 Å². The quantitative estimate of drug-likeness (QED) is 0.153. The Labute approximate surface area is 294 Å². The van der Waals surface area contributed by atoms with Gasteiger partial charge in [-0.3, -0.25) is 29.3 Å². The van der Waals surface area contributed by atoms with Crippen molar-refractivity contribution in [2.45, 2.75) is 72.9 Å². The smallest absolute Gasteiger partial charge is 0.326 e. The van der Waals surface area contributed by atoms with Crippen LogP contribution in [0.2, 0.25) is 0 Å². The molecule has 1 amide bonds. The minimum Gasteiger partial charge on any atom is -0.428 e. The van der Waals surface area contributed by atoms with Gasteiger partial charge in [-0.15, -0.1) is 0 Å². The molecule has 2 N–H and O–H groups in total. The van der Waals surface area contributed by atoms with Crippen molar-refractivity contribution in [2.75, 3.05) is 20.1 Å². The third kappa shape index (κ3) is 13.5.